The SMILES string of the molecule is O=C(CCl)Nc1ccc(O)c(-c2nc3ccccc3[nH]2)c1. The molecule has 1 heterocycles. The first-order chi connectivity index (χ1) is 10.2. The van der Waals surface area contributed by atoms with Crippen LogP contribution in [0.15, 0.2) is 42.5 Å². The number of H-pyrrole nitrogens is 1. The number of hydrogen-bond donors (Lipinski definition) is 3. The van der Waals surface area contributed by atoms with Gasteiger partial charge in [-0.3, -0.25) is 4.79 Å². The number of anilines is 1. The van der Waals surface area contributed by atoms with E-state index in [-0.39, 0.29) is 17.5 Å². The summed E-state index contributed by atoms with van der Waals surface area (Å²) < 4.78 is 0. The average molecular weight is 302 g/mol. The summed E-state index contributed by atoms with van der Waals surface area (Å²) in [5.74, 6) is 0.187. The highest BCUT2D eigenvalue weighted by molar-refractivity contribution is 6.29. The van der Waals surface area contributed by atoms with E-state index >= 15 is 0 Å². The van der Waals surface area contributed by atoms with Crippen LogP contribution in [0.1, 0.15) is 0 Å². The average Bonchev–Trinajstić information content (AvgIpc) is 2.92. The van der Waals surface area contributed by atoms with Crippen molar-refractivity contribution >= 4 is 34.2 Å². The number of hydrogen-bond acceptors (Lipinski definition) is 3. The molecule has 6 heteroatoms. The van der Waals surface area contributed by atoms with Gasteiger partial charge in [-0.15, -0.1) is 11.6 Å². The van der Waals surface area contributed by atoms with E-state index in [2.05, 4.69) is 15.3 Å². The molecule has 0 saturated carbocycles. The second-order valence-corrected chi connectivity index (χ2v) is 4.78. The van der Waals surface area contributed by atoms with Crippen LogP contribution in [0.25, 0.3) is 22.4 Å². The van der Waals surface area contributed by atoms with E-state index in [9.17, 15) is 9.90 Å². The molecule has 0 aliphatic heterocycles. The van der Waals surface area contributed by atoms with E-state index in [0.29, 0.717) is 17.1 Å². The highest BCUT2D eigenvalue weighted by Gasteiger charge is 2.11. The van der Waals surface area contributed by atoms with Crippen LogP contribution in [0.2, 0.25) is 0 Å². The highest BCUT2D eigenvalue weighted by Crippen LogP contribution is 2.31. The van der Waals surface area contributed by atoms with E-state index in [1.165, 1.54) is 6.07 Å². The van der Waals surface area contributed by atoms with Crippen LogP contribution in [0.4, 0.5) is 5.69 Å². The summed E-state index contributed by atoms with van der Waals surface area (Å²) >= 11 is 5.46. The first-order valence-electron chi connectivity index (χ1n) is 6.31. The third kappa shape index (κ3) is 2.68. The summed E-state index contributed by atoms with van der Waals surface area (Å²) in [6, 6.07) is 12.3. The number of para-hydroxylation sites is 2. The quantitative estimate of drug-likeness (QED) is 0.514. The normalized spacial score (nSPS) is 10.7. The van der Waals surface area contributed by atoms with E-state index in [0.717, 1.165) is 11.0 Å². The molecule has 0 unspecified atom stereocenters. The number of amides is 1. The zero-order valence-electron chi connectivity index (χ0n) is 10.9. The minimum Gasteiger partial charge on any atom is -0.507 e. The number of carbonyl (C=O) groups excluding carboxylic acids is 1. The molecule has 1 amide bonds. The Kier molecular flexibility index (Phi) is 3.50. The number of alkyl halides is 1. The fraction of sp³-hybridized carbons (Fsp3) is 0.0667. The topological polar surface area (TPSA) is 78.0 Å². The van der Waals surface area contributed by atoms with E-state index < -0.39 is 0 Å². The van der Waals surface area contributed by atoms with E-state index in [1.807, 2.05) is 24.3 Å². The fourth-order valence-electron chi connectivity index (χ4n) is 2.08. The van der Waals surface area contributed by atoms with Crippen molar-refractivity contribution in [3.63, 3.8) is 0 Å². The molecule has 0 saturated heterocycles. The Bertz CT molecular complexity index is 781. The van der Waals surface area contributed by atoms with Crippen LogP contribution in [-0.4, -0.2) is 26.9 Å². The van der Waals surface area contributed by atoms with Crippen molar-refractivity contribution in [1.29, 1.82) is 0 Å². The number of aromatic hydroxyl groups is 1. The standard InChI is InChI=1S/C15H12ClN3O2/c16-8-14(21)17-9-5-6-13(20)10(7-9)15-18-11-3-1-2-4-12(11)19-15/h1-7,20H,8H2,(H,17,21)(H,18,19). The maximum absolute atomic E-state index is 11.3. The van der Waals surface area contributed by atoms with Gasteiger partial charge in [-0.1, -0.05) is 12.1 Å². The smallest absolute Gasteiger partial charge is 0.239 e. The third-order valence-corrected chi connectivity index (χ3v) is 3.29. The minimum absolute atomic E-state index is 0.0814. The third-order valence-electron chi connectivity index (χ3n) is 3.05. The number of aromatic amines is 1. The van der Waals surface area contributed by atoms with Crippen molar-refractivity contribution < 1.29 is 9.90 Å². The summed E-state index contributed by atoms with van der Waals surface area (Å²) in [7, 11) is 0. The molecule has 106 valence electrons. The van der Waals surface area contributed by atoms with E-state index in [1.54, 1.807) is 12.1 Å². The second-order valence-electron chi connectivity index (χ2n) is 4.52. The van der Waals surface area contributed by atoms with Gasteiger partial charge in [-0.05, 0) is 30.3 Å². The van der Waals surface area contributed by atoms with Gasteiger partial charge in [-0.2, -0.15) is 0 Å². The molecule has 2 aromatic carbocycles. The summed E-state index contributed by atoms with van der Waals surface area (Å²) in [5.41, 5.74) is 2.75. The highest BCUT2D eigenvalue weighted by atomic mass is 35.5. The number of rotatable bonds is 3. The van der Waals surface area contributed by atoms with Gasteiger partial charge >= 0.3 is 0 Å². The lowest BCUT2D eigenvalue weighted by Gasteiger charge is -2.06. The van der Waals surface area contributed by atoms with Crippen LogP contribution >= 0.6 is 11.6 Å². The fourth-order valence-corrected chi connectivity index (χ4v) is 2.15. The Labute approximate surface area is 125 Å². The van der Waals surface area contributed by atoms with Gasteiger partial charge in [0.15, 0.2) is 0 Å². The predicted octanol–water partition coefficient (Wildman–Crippen LogP) is 3.11. The van der Waals surface area contributed by atoms with Gasteiger partial charge < -0.3 is 15.4 Å². The Morgan fingerprint density at radius 2 is 2.10 bits per heavy atom. The largest absolute Gasteiger partial charge is 0.507 e. The first-order valence-corrected chi connectivity index (χ1v) is 6.85. The summed E-state index contributed by atoms with van der Waals surface area (Å²) in [5, 5.41) is 12.6. The van der Waals surface area contributed by atoms with Gasteiger partial charge in [0, 0.05) is 5.69 Å². The predicted molar refractivity (Wildman–Crippen MR) is 82.5 cm³/mol. The summed E-state index contributed by atoms with van der Waals surface area (Å²) in [4.78, 5) is 18.9. The Morgan fingerprint density at radius 1 is 1.29 bits per heavy atom. The van der Waals surface area contributed by atoms with Crippen molar-refractivity contribution in [3.8, 4) is 17.1 Å². The molecule has 0 aliphatic rings. The zero-order valence-corrected chi connectivity index (χ0v) is 11.7. The molecule has 0 spiro atoms. The number of aromatic nitrogens is 2. The molecule has 1 aromatic heterocycles. The molecule has 0 atom stereocenters. The van der Waals surface area contributed by atoms with Crippen LogP contribution < -0.4 is 5.32 Å². The van der Waals surface area contributed by atoms with Crippen molar-refractivity contribution in [2.45, 2.75) is 0 Å². The summed E-state index contributed by atoms with van der Waals surface area (Å²) in [6.07, 6.45) is 0. The maximum Gasteiger partial charge on any atom is 0.239 e. The number of phenols is 1. The lowest BCUT2D eigenvalue weighted by Crippen LogP contribution is -2.12. The van der Waals surface area contributed by atoms with Crippen molar-refractivity contribution in [3.05, 3.63) is 42.5 Å². The van der Waals surface area contributed by atoms with Gasteiger partial charge in [-0.25, -0.2) is 4.98 Å². The maximum atomic E-state index is 11.3. The Morgan fingerprint density at radius 3 is 2.86 bits per heavy atom. The van der Waals surface area contributed by atoms with E-state index in [4.69, 9.17) is 11.6 Å². The second kappa shape index (κ2) is 5.46. The van der Waals surface area contributed by atoms with Crippen LogP contribution in [0.5, 0.6) is 5.75 Å². The van der Waals surface area contributed by atoms with Gasteiger partial charge in [0.2, 0.25) is 5.91 Å². The Hall–Kier alpha value is -2.53. The van der Waals surface area contributed by atoms with Gasteiger partial charge in [0.1, 0.15) is 17.5 Å². The molecular formula is C15H12ClN3O2. The molecule has 21 heavy (non-hydrogen) atoms. The molecule has 3 rings (SSSR count). The van der Waals surface area contributed by atoms with Crippen LogP contribution in [0.3, 0.4) is 0 Å². The molecule has 0 fully saturated rings. The van der Waals surface area contributed by atoms with Crippen LogP contribution in [0, 0.1) is 0 Å². The molecule has 3 N–H and O–H groups in total. The molecule has 0 aliphatic carbocycles. The van der Waals surface area contributed by atoms with Gasteiger partial charge in [0.05, 0.1) is 16.6 Å². The number of phenolic OH excluding ortho intramolecular Hbond substituents is 1. The first kappa shape index (κ1) is 13.5. The summed E-state index contributed by atoms with van der Waals surface area (Å²) in [6.45, 7) is 0. The monoisotopic (exact) mass is 301 g/mol. The van der Waals surface area contributed by atoms with Crippen molar-refractivity contribution in [2.24, 2.45) is 0 Å². The van der Waals surface area contributed by atoms with Gasteiger partial charge in [0.25, 0.3) is 0 Å². The number of nitrogens with one attached hydrogen (secondary N) is 2. The number of nitrogens with zero attached hydrogens (tertiary/aromatic N) is 1. The molecule has 3 aromatic rings. The molecule has 5 nitrogen and oxygen atoms in total. The van der Waals surface area contributed by atoms with Crippen molar-refractivity contribution in [2.75, 3.05) is 11.2 Å². The number of imidazole rings is 1. The minimum atomic E-state index is -0.307. The number of fused-ring (bicyclic) bond motifs is 1. The molecule has 0 radical (unpaired) electrons. The molecular weight excluding hydrogens is 290 g/mol. The number of benzene rings is 2. The number of carbonyl (C=O) groups is 1. The lowest BCUT2D eigenvalue weighted by atomic mass is 10.1. The van der Waals surface area contributed by atoms with Crippen LogP contribution in [-0.2, 0) is 4.79 Å². The molecule has 0 bridgehead atoms. The van der Waals surface area contributed by atoms with Crippen molar-refractivity contribution in [1.82, 2.24) is 9.97 Å². The number of halogens is 1. The Balaban J connectivity index is 2.04. The lowest BCUT2D eigenvalue weighted by molar-refractivity contribution is -0.113. The zero-order chi connectivity index (χ0) is 14.8.